The number of benzene rings is 1. The quantitative estimate of drug-likeness (QED) is 0.836. The van der Waals surface area contributed by atoms with Crippen molar-refractivity contribution in [2.45, 2.75) is 52.6 Å². The molecule has 2 N–H and O–H groups in total. The Balaban J connectivity index is 2.57. The van der Waals surface area contributed by atoms with Gasteiger partial charge in [0.2, 0.25) is 0 Å². The average molecular weight is 248 g/mol. The van der Waals surface area contributed by atoms with Gasteiger partial charge in [-0.2, -0.15) is 0 Å². The first kappa shape index (κ1) is 15.2. The number of hydrogen-bond donors (Lipinski definition) is 1. The Morgan fingerprint density at radius 3 is 2.22 bits per heavy atom. The first-order valence-electron chi connectivity index (χ1n) is 6.98. The summed E-state index contributed by atoms with van der Waals surface area (Å²) in [5.41, 5.74) is 10.2. The Morgan fingerprint density at radius 1 is 1.17 bits per heavy atom. The molecular formula is C16H28N2. The van der Waals surface area contributed by atoms with Gasteiger partial charge in [0.1, 0.15) is 0 Å². The molecule has 1 aromatic carbocycles. The summed E-state index contributed by atoms with van der Waals surface area (Å²) in [6.45, 7) is 9.82. The van der Waals surface area contributed by atoms with E-state index in [-0.39, 0.29) is 6.04 Å². The van der Waals surface area contributed by atoms with Crippen LogP contribution >= 0.6 is 0 Å². The molecule has 0 amide bonds. The predicted octanol–water partition coefficient (Wildman–Crippen LogP) is 3.42. The largest absolute Gasteiger partial charge is 0.324 e. The van der Waals surface area contributed by atoms with Gasteiger partial charge in [-0.3, -0.25) is 0 Å². The van der Waals surface area contributed by atoms with Gasteiger partial charge in [-0.05, 0) is 52.8 Å². The molecule has 0 bridgehead atoms. The fraction of sp³-hybridized carbons (Fsp3) is 0.625. The van der Waals surface area contributed by atoms with Crippen molar-refractivity contribution in [1.29, 1.82) is 0 Å². The molecule has 18 heavy (non-hydrogen) atoms. The standard InChI is InChI=1S/C16H28N2/c1-6-14(4)18(5)8-7-16(17)15-10-12(2)9-13(3)11-15/h9-11,14,16H,6-8,17H2,1-5H3. The van der Waals surface area contributed by atoms with Crippen LogP contribution in [-0.4, -0.2) is 24.5 Å². The van der Waals surface area contributed by atoms with E-state index in [0.29, 0.717) is 6.04 Å². The van der Waals surface area contributed by atoms with Crippen molar-refractivity contribution in [2.75, 3.05) is 13.6 Å². The molecule has 0 radical (unpaired) electrons. The molecule has 0 aliphatic carbocycles. The van der Waals surface area contributed by atoms with Crippen molar-refractivity contribution in [1.82, 2.24) is 4.90 Å². The molecule has 0 aliphatic heterocycles. The second kappa shape index (κ2) is 6.91. The highest BCUT2D eigenvalue weighted by Crippen LogP contribution is 2.18. The molecule has 1 aromatic rings. The Labute approximate surface area is 112 Å². The van der Waals surface area contributed by atoms with E-state index in [2.05, 4.69) is 57.8 Å². The minimum atomic E-state index is 0.148. The van der Waals surface area contributed by atoms with Crippen LogP contribution in [0.25, 0.3) is 0 Å². The number of hydrogen-bond acceptors (Lipinski definition) is 2. The van der Waals surface area contributed by atoms with Crippen LogP contribution in [0.15, 0.2) is 18.2 Å². The van der Waals surface area contributed by atoms with Crippen LogP contribution in [0.1, 0.15) is 49.4 Å². The highest BCUT2D eigenvalue weighted by atomic mass is 15.1. The van der Waals surface area contributed by atoms with Crippen molar-refractivity contribution >= 4 is 0 Å². The van der Waals surface area contributed by atoms with Crippen LogP contribution in [0, 0.1) is 13.8 Å². The summed E-state index contributed by atoms with van der Waals surface area (Å²) >= 11 is 0. The monoisotopic (exact) mass is 248 g/mol. The summed E-state index contributed by atoms with van der Waals surface area (Å²) in [5.74, 6) is 0. The van der Waals surface area contributed by atoms with Crippen LogP contribution in [-0.2, 0) is 0 Å². The fourth-order valence-electron chi connectivity index (χ4n) is 2.27. The van der Waals surface area contributed by atoms with Crippen molar-refractivity contribution in [3.8, 4) is 0 Å². The molecule has 1 rings (SSSR count). The summed E-state index contributed by atoms with van der Waals surface area (Å²) < 4.78 is 0. The highest BCUT2D eigenvalue weighted by Gasteiger charge is 2.11. The van der Waals surface area contributed by atoms with E-state index in [1.54, 1.807) is 0 Å². The van der Waals surface area contributed by atoms with Crippen LogP contribution in [0.5, 0.6) is 0 Å². The maximum Gasteiger partial charge on any atom is 0.0307 e. The van der Waals surface area contributed by atoms with Gasteiger partial charge in [0, 0.05) is 12.1 Å². The minimum Gasteiger partial charge on any atom is -0.324 e. The number of rotatable bonds is 6. The van der Waals surface area contributed by atoms with Gasteiger partial charge >= 0.3 is 0 Å². The molecule has 0 aromatic heterocycles. The van der Waals surface area contributed by atoms with Crippen molar-refractivity contribution in [3.63, 3.8) is 0 Å². The fourth-order valence-corrected chi connectivity index (χ4v) is 2.27. The van der Waals surface area contributed by atoms with Crippen LogP contribution in [0.2, 0.25) is 0 Å². The first-order valence-corrected chi connectivity index (χ1v) is 6.98. The Bertz CT molecular complexity index is 353. The Hall–Kier alpha value is -0.860. The predicted molar refractivity (Wildman–Crippen MR) is 79.8 cm³/mol. The summed E-state index contributed by atoms with van der Waals surface area (Å²) in [7, 11) is 2.18. The van der Waals surface area contributed by atoms with Crippen molar-refractivity contribution in [3.05, 3.63) is 34.9 Å². The third kappa shape index (κ3) is 4.43. The zero-order chi connectivity index (χ0) is 13.7. The lowest BCUT2D eigenvalue weighted by Crippen LogP contribution is -2.31. The molecule has 0 spiro atoms. The van der Waals surface area contributed by atoms with E-state index in [4.69, 9.17) is 5.73 Å². The lowest BCUT2D eigenvalue weighted by molar-refractivity contribution is 0.243. The number of nitrogens with zero attached hydrogens (tertiary/aromatic N) is 1. The Morgan fingerprint density at radius 2 is 1.72 bits per heavy atom. The zero-order valence-corrected chi connectivity index (χ0v) is 12.5. The van der Waals surface area contributed by atoms with Gasteiger partial charge in [0.25, 0.3) is 0 Å². The molecule has 0 fully saturated rings. The van der Waals surface area contributed by atoms with Gasteiger partial charge in [0.05, 0.1) is 0 Å². The topological polar surface area (TPSA) is 29.3 Å². The lowest BCUT2D eigenvalue weighted by atomic mass is 9.99. The Kier molecular flexibility index (Phi) is 5.83. The molecular weight excluding hydrogens is 220 g/mol. The minimum absolute atomic E-state index is 0.148. The summed E-state index contributed by atoms with van der Waals surface area (Å²) in [5, 5.41) is 0. The van der Waals surface area contributed by atoms with Gasteiger partial charge in [-0.1, -0.05) is 36.2 Å². The molecule has 0 heterocycles. The highest BCUT2D eigenvalue weighted by molar-refractivity contribution is 5.30. The normalized spacial score (nSPS) is 14.8. The average Bonchev–Trinajstić information content (AvgIpc) is 2.33. The molecule has 2 unspecified atom stereocenters. The first-order chi connectivity index (χ1) is 8.43. The van der Waals surface area contributed by atoms with E-state index >= 15 is 0 Å². The van der Waals surface area contributed by atoms with E-state index in [1.165, 1.54) is 23.1 Å². The van der Waals surface area contributed by atoms with Crippen molar-refractivity contribution in [2.24, 2.45) is 5.73 Å². The molecule has 0 saturated carbocycles. The second-order valence-electron chi connectivity index (χ2n) is 5.55. The third-order valence-electron chi connectivity index (χ3n) is 3.81. The summed E-state index contributed by atoms with van der Waals surface area (Å²) in [6.07, 6.45) is 2.21. The molecule has 2 nitrogen and oxygen atoms in total. The van der Waals surface area contributed by atoms with Gasteiger partial charge in [0.15, 0.2) is 0 Å². The summed E-state index contributed by atoms with van der Waals surface area (Å²) in [4.78, 5) is 2.39. The molecule has 0 aliphatic rings. The SMILES string of the molecule is CCC(C)N(C)CCC(N)c1cc(C)cc(C)c1. The van der Waals surface area contributed by atoms with Gasteiger partial charge in [-0.25, -0.2) is 0 Å². The molecule has 0 saturated heterocycles. The molecule has 102 valence electrons. The third-order valence-corrected chi connectivity index (χ3v) is 3.81. The van der Waals surface area contributed by atoms with Crippen molar-refractivity contribution < 1.29 is 0 Å². The van der Waals surface area contributed by atoms with Crippen LogP contribution in [0.4, 0.5) is 0 Å². The molecule has 2 atom stereocenters. The number of nitrogens with two attached hydrogens (primary N) is 1. The van der Waals surface area contributed by atoms with E-state index in [0.717, 1.165) is 13.0 Å². The molecule has 2 heteroatoms. The smallest absolute Gasteiger partial charge is 0.0307 e. The van der Waals surface area contributed by atoms with Crippen LogP contribution in [0.3, 0.4) is 0 Å². The van der Waals surface area contributed by atoms with Gasteiger partial charge in [-0.15, -0.1) is 0 Å². The van der Waals surface area contributed by atoms with E-state index in [9.17, 15) is 0 Å². The lowest BCUT2D eigenvalue weighted by Gasteiger charge is -2.25. The van der Waals surface area contributed by atoms with E-state index in [1.807, 2.05) is 0 Å². The van der Waals surface area contributed by atoms with Crippen LogP contribution < -0.4 is 5.73 Å². The van der Waals surface area contributed by atoms with Gasteiger partial charge < -0.3 is 10.6 Å². The maximum atomic E-state index is 6.30. The number of aryl methyl sites for hydroxylation is 2. The summed E-state index contributed by atoms with van der Waals surface area (Å²) in [6, 6.07) is 7.40. The zero-order valence-electron chi connectivity index (χ0n) is 12.5. The second-order valence-corrected chi connectivity index (χ2v) is 5.55. The van der Waals surface area contributed by atoms with E-state index < -0.39 is 0 Å². The maximum absolute atomic E-state index is 6.30.